The molecule has 1 heterocycles. The summed E-state index contributed by atoms with van der Waals surface area (Å²) in [6, 6.07) is 0. The number of halogens is 1. The highest BCUT2D eigenvalue weighted by Gasteiger charge is 2.18. The zero-order chi connectivity index (χ0) is 11.3. The van der Waals surface area contributed by atoms with E-state index in [9.17, 15) is 4.79 Å². The van der Waals surface area contributed by atoms with Crippen molar-refractivity contribution in [1.82, 2.24) is 14.5 Å². The second kappa shape index (κ2) is 6.02. The first kappa shape index (κ1) is 12.4. The second-order valence-corrected chi connectivity index (χ2v) is 4.35. The van der Waals surface area contributed by atoms with Crippen LogP contribution >= 0.6 is 23.1 Å². The predicted octanol–water partition coefficient (Wildman–Crippen LogP) is 1.80. The molecule has 0 unspecified atom stereocenters. The third-order valence-electron chi connectivity index (χ3n) is 2.00. The summed E-state index contributed by atoms with van der Waals surface area (Å²) in [7, 11) is 1.74. The first-order valence-corrected chi connectivity index (χ1v) is 6.14. The van der Waals surface area contributed by atoms with Crippen LogP contribution in [0, 0.1) is 0 Å². The molecule has 1 amide bonds. The SMILES string of the molecule is CCCc1nnsc1C(=O)N(C)CCCl. The van der Waals surface area contributed by atoms with E-state index in [1.165, 1.54) is 0 Å². The van der Waals surface area contributed by atoms with E-state index >= 15 is 0 Å². The molecular formula is C9H14ClN3OS. The molecule has 0 bridgehead atoms. The molecule has 0 radical (unpaired) electrons. The van der Waals surface area contributed by atoms with Gasteiger partial charge in [0.1, 0.15) is 4.88 Å². The Labute approximate surface area is 98.4 Å². The Kier molecular flexibility index (Phi) is 4.98. The first-order chi connectivity index (χ1) is 7.20. The van der Waals surface area contributed by atoms with Crippen LogP contribution in [-0.2, 0) is 6.42 Å². The summed E-state index contributed by atoms with van der Waals surface area (Å²) in [5.41, 5.74) is 0.800. The molecule has 0 fully saturated rings. The van der Waals surface area contributed by atoms with Crippen LogP contribution in [0.2, 0.25) is 0 Å². The number of hydrogen-bond acceptors (Lipinski definition) is 4. The maximum Gasteiger partial charge on any atom is 0.267 e. The molecule has 0 aliphatic heterocycles. The van der Waals surface area contributed by atoms with Crippen LogP contribution < -0.4 is 0 Å². The molecule has 4 nitrogen and oxygen atoms in total. The lowest BCUT2D eigenvalue weighted by Gasteiger charge is -2.14. The van der Waals surface area contributed by atoms with E-state index in [1.54, 1.807) is 11.9 Å². The van der Waals surface area contributed by atoms with Crippen molar-refractivity contribution in [2.24, 2.45) is 0 Å². The number of amides is 1. The van der Waals surface area contributed by atoms with Crippen molar-refractivity contribution in [2.75, 3.05) is 19.5 Å². The van der Waals surface area contributed by atoms with Crippen molar-refractivity contribution in [1.29, 1.82) is 0 Å². The van der Waals surface area contributed by atoms with Crippen LogP contribution in [0.1, 0.15) is 28.7 Å². The molecule has 0 aliphatic rings. The molecule has 84 valence electrons. The molecule has 1 aromatic heterocycles. The Bertz CT molecular complexity index is 329. The summed E-state index contributed by atoms with van der Waals surface area (Å²) in [6.07, 6.45) is 1.76. The van der Waals surface area contributed by atoms with Gasteiger partial charge in [-0.25, -0.2) is 0 Å². The van der Waals surface area contributed by atoms with Crippen LogP contribution in [-0.4, -0.2) is 39.9 Å². The fourth-order valence-corrected chi connectivity index (χ4v) is 2.13. The molecule has 0 spiro atoms. The lowest BCUT2D eigenvalue weighted by molar-refractivity contribution is 0.0806. The summed E-state index contributed by atoms with van der Waals surface area (Å²) in [6.45, 7) is 2.60. The fourth-order valence-electron chi connectivity index (χ4n) is 1.17. The monoisotopic (exact) mass is 247 g/mol. The number of alkyl halides is 1. The van der Waals surface area contributed by atoms with Gasteiger partial charge in [-0.15, -0.1) is 16.7 Å². The fraction of sp³-hybridized carbons (Fsp3) is 0.667. The van der Waals surface area contributed by atoms with E-state index < -0.39 is 0 Å². The number of rotatable bonds is 5. The van der Waals surface area contributed by atoms with Gasteiger partial charge in [-0.3, -0.25) is 4.79 Å². The summed E-state index contributed by atoms with van der Waals surface area (Å²) in [4.78, 5) is 14.1. The molecule has 0 atom stereocenters. The van der Waals surface area contributed by atoms with Gasteiger partial charge >= 0.3 is 0 Å². The average Bonchev–Trinajstić information content (AvgIpc) is 2.66. The highest BCUT2D eigenvalue weighted by molar-refractivity contribution is 7.07. The molecule has 0 saturated heterocycles. The number of aromatic nitrogens is 2. The van der Waals surface area contributed by atoms with Crippen molar-refractivity contribution >= 4 is 29.0 Å². The van der Waals surface area contributed by atoms with Gasteiger partial charge in [-0.2, -0.15) is 0 Å². The van der Waals surface area contributed by atoms with Gasteiger partial charge in [-0.05, 0) is 18.0 Å². The highest BCUT2D eigenvalue weighted by Crippen LogP contribution is 2.14. The minimum Gasteiger partial charge on any atom is -0.340 e. The van der Waals surface area contributed by atoms with Crippen LogP contribution in [0.25, 0.3) is 0 Å². The van der Waals surface area contributed by atoms with Crippen LogP contribution in [0.15, 0.2) is 0 Å². The van der Waals surface area contributed by atoms with Gasteiger partial charge in [0, 0.05) is 19.5 Å². The lowest BCUT2D eigenvalue weighted by atomic mass is 10.2. The average molecular weight is 248 g/mol. The Hall–Kier alpha value is -0.680. The maximum atomic E-state index is 11.9. The molecule has 0 aromatic carbocycles. The summed E-state index contributed by atoms with van der Waals surface area (Å²) in [5.74, 6) is 0.409. The van der Waals surface area contributed by atoms with Gasteiger partial charge in [-0.1, -0.05) is 17.8 Å². The van der Waals surface area contributed by atoms with E-state index in [1.807, 2.05) is 0 Å². The smallest absolute Gasteiger partial charge is 0.267 e. The Morgan fingerprint density at radius 1 is 1.60 bits per heavy atom. The lowest BCUT2D eigenvalue weighted by Crippen LogP contribution is -2.28. The van der Waals surface area contributed by atoms with E-state index in [4.69, 9.17) is 11.6 Å². The second-order valence-electron chi connectivity index (χ2n) is 3.21. The number of aryl methyl sites for hydroxylation is 1. The third-order valence-corrected chi connectivity index (χ3v) is 2.93. The Balaban J connectivity index is 2.76. The third kappa shape index (κ3) is 3.14. The zero-order valence-electron chi connectivity index (χ0n) is 8.86. The molecule has 6 heteroatoms. The Morgan fingerprint density at radius 2 is 2.33 bits per heavy atom. The maximum absolute atomic E-state index is 11.9. The van der Waals surface area contributed by atoms with Crippen LogP contribution in [0.4, 0.5) is 0 Å². The van der Waals surface area contributed by atoms with Crippen molar-refractivity contribution < 1.29 is 4.79 Å². The van der Waals surface area contributed by atoms with Gasteiger partial charge < -0.3 is 4.90 Å². The zero-order valence-corrected chi connectivity index (χ0v) is 10.4. The predicted molar refractivity (Wildman–Crippen MR) is 61.6 cm³/mol. The van der Waals surface area contributed by atoms with Crippen LogP contribution in [0.3, 0.4) is 0 Å². The molecular weight excluding hydrogens is 234 g/mol. The van der Waals surface area contributed by atoms with E-state index in [0.717, 1.165) is 30.1 Å². The number of nitrogens with zero attached hydrogens (tertiary/aromatic N) is 3. The van der Waals surface area contributed by atoms with Gasteiger partial charge in [0.2, 0.25) is 0 Å². The van der Waals surface area contributed by atoms with Gasteiger partial charge in [0.25, 0.3) is 5.91 Å². The minimum absolute atomic E-state index is 0.0332. The van der Waals surface area contributed by atoms with Gasteiger partial charge in [0.15, 0.2) is 0 Å². The standard InChI is InChI=1S/C9H14ClN3OS/c1-3-4-7-8(15-12-11-7)9(14)13(2)6-5-10/h3-6H2,1-2H3. The minimum atomic E-state index is -0.0332. The van der Waals surface area contributed by atoms with E-state index in [-0.39, 0.29) is 5.91 Å². The van der Waals surface area contributed by atoms with Crippen molar-refractivity contribution in [2.45, 2.75) is 19.8 Å². The molecule has 15 heavy (non-hydrogen) atoms. The van der Waals surface area contributed by atoms with Gasteiger partial charge in [0.05, 0.1) is 5.69 Å². The van der Waals surface area contributed by atoms with Crippen molar-refractivity contribution in [3.05, 3.63) is 10.6 Å². The summed E-state index contributed by atoms with van der Waals surface area (Å²) < 4.78 is 3.82. The normalized spacial score (nSPS) is 10.3. The molecule has 1 aromatic rings. The van der Waals surface area contributed by atoms with Crippen molar-refractivity contribution in [3.8, 4) is 0 Å². The van der Waals surface area contributed by atoms with Crippen molar-refractivity contribution in [3.63, 3.8) is 0 Å². The number of hydrogen-bond donors (Lipinski definition) is 0. The molecule has 0 saturated carbocycles. The molecule has 0 N–H and O–H groups in total. The van der Waals surface area contributed by atoms with E-state index in [2.05, 4.69) is 16.5 Å². The largest absolute Gasteiger partial charge is 0.340 e. The molecule has 1 rings (SSSR count). The summed E-state index contributed by atoms with van der Waals surface area (Å²) in [5, 5.41) is 3.96. The number of carbonyl (C=O) groups is 1. The van der Waals surface area contributed by atoms with E-state index in [0.29, 0.717) is 17.3 Å². The topological polar surface area (TPSA) is 46.1 Å². The molecule has 0 aliphatic carbocycles. The first-order valence-electron chi connectivity index (χ1n) is 4.83. The highest BCUT2D eigenvalue weighted by atomic mass is 35.5. The Morgan fingerprint density at radius 3 is 2.93 bits per heavy atom. The summed E-state index contributed by atoms with van der Waals surface area (Å²) >= 11 is 6.74. The van der Waals surface area contributed by atoms with Crippen LogP contribution in [0.5, 0.6) is 0 Å². The quantitative estimate of drug-likeness (QED) is 0.746. The number of carbonyl (C=O) groups excluding carboxylic acids is 1.